The summed E-state index contributed by atoms with van der Waals surface area (Å²) >= 11 is 0. The normalized spacial score (nSPS) is 10.9. The predicted molar refractivity (Wildman–Crippen MR) is 92.8 cm³/mol. The number of nitrogens with zero attached hydrogens (tertiary/aromatic N) is 2. The van der Waals surface area contributed by atoms with Crippen molar-refractivity contribution in [2.75, 3.05) is 17.4 Å². The molecule has 25 heavy (non-hydrogen) atoms. The topological polar surface area (TPSA) is 110 Å². The Bertz CT molecular complexity index is 868. The molecule has 0 aliphatic heterocycles. The molecule has 2 aromatic carbocycles. The zero-order valence-corrected chi connectivity index (χ0v) is 14.3. The first-order chi connectivity index (χ1) is 11.9. The Labute approximate surface area is 145 Å². The van der Waals surface area contributed by atoms with E-state index in [0.29, 0.717) is 6.54 Å². The molecule has 1 N–H and O–H groups in total. The van der Waals surface area contributed by atoms with Gasteiger partial charge in [0.1, 0.15) is 6.54 Å². The van der Waals surface area contributed by atoms with Gasteiger partial charge in [0.05, 0.1) is 15.5 Å². The van der Waals surface area contributed by atoms with Crippen LogP contribution in [0.2, 0.25) is 0 Å². The van der Waals surface area contributed by atoms with Crippen molar-refractivity contribution in [1.29, 1.82) is 0 Å². The summed E-state index contributed by atoms with van der Waals surface area (Å²) in [6.45, 7) is 1.57. The number of nitro groups is 1. The molecule has 2 rings (SSSR count). The van der Waals surface area contributed by atoms with Crippen molar-refractivity contribution >= 4 is 27.3 Å². The molecule has 0 fully saturated rings. The van der Waals surface area contributed by atoms with Gasteiger partial charge in [0.15, 0.2) is 0 Å². The number of nitro benzene ring substituents is 1. The average Bonchev–Trinajstić information content (AvgIpc) is 2.60. The van der Waals surface area contributed by atoms with Gasteiger partial charge >= 0.3 is 0 Å². The summed E-state index contributed by atoms with van der Waals surface area (Å²) in [6.07, 6.45) is 0. The molecular weight excluding hydrogens is 346 g/mol. The molecule has 0 saturated carbocycles. The van der Waals surface area contributed by atoms with Crippen LogP contribution < -0.4 is 9.62 Å². The molecule has 0 radical (unpaired) electrons. The van der Waals surface area contributed by atoms with Gasteiger partial charge in [-0.25, -0.2) is 8.42 Å². The highest BCUT2D eigenvalue weighted by molar-refractivity contribution is 7.92. The molecule has 0 heterocycles. The van der Waals surface area contributed by atoms with Crippen LogP contribution in [-0.4, -0.2) is 32.3 Å². The summed E-state index contributed by atoms with van der Waals surface area (Å²) in [4.78, 5) is 22.3. The molecule has 132 valence electrons. The largest absolute Gasteiger partial charge is 0.355 e. The summed E-state index contributed by atoms with van der Waals surface area (Å²) < 4.78 is 26.7. The summed E-state index contributed by atoms with van der Waals surface area (Å²) in [6, 6.07) is 12.7. The van der Waals surface area contributed by atoms with Gasteiger partial charge in [-0.15, -0.1) is 0 Å². The molecule has 0 aliphatic rings. The Morgan fingerprint density at radius 2 is 1.84 bits per heavy atom. The van der Waals surface area contributed by atoms with Crippen LogP contribution in [0.15, 0.2) is 59.5 Å². The van der Waals surface area contributed by atoms with E-state index in [1.54, 1.807) is 25.1 Å². The number of sulfonamides is 1. The van der Waals surface area contributed by atoms with Gasteiger partial charge in [0.25, 0.3) is 15.7 Å². The van der Waals surface area contributed by atoms with E-state index in [4.69, 9.17) is 0 Å². The second kappa shape index (κ2) is 7.75. The van der Waals surface area contributed by atoms with Crippen LogP contribution in [-0.2, 0) is 14.8 Å². The van der Waals surface area contributed by atoms with E-state index in [9.17, 15) is 23.3 Å². The minimum absolute atomic E-state index is 0.00851. The monoisotopic (exact) mass is 363 g/mol. The summed E-state index contributed by atoms with van der Waals surface area (Å²) in [5.74, 6) is -0.506. The maximum absolute atomic E-state index is 12.9. The van der Waals surface area contributed by atoms with E-state index in [1.807, 2.05) is 0 Å². The molecule has 0 unspecified atom stereocenters. The first-order valence-corrected chi connectivity index (χ1v) is 8.89. The lowest BCUT2D eigenvalue weighted by Gasteiger charge is -2.23. The van der Waals surface area contributed by atoms with Crippen LogP contribution in [0.1, 0.15) is 6.92 Å². The second-order valence-electron chi connectivity index (χ2n) is 5.06. The lowest BCUT2D eigenvalue weighted by Crippen LogP contribution is -2.40. The van der Waals surface area contributed by atoms with Crippen molar-refractivity contribution in [3.63, 3.8) is 0 Å². The van der Waals surface area contributed by atoms with Crippen molar-refractivity contribution in [2.24, 2.45) is 0 Å². The van der Waals surface area contributed by atoms with E-state index >= 15 is 0 Å². The first kappa shape index (κ1) is 18.4. The van der Waals surface area contributed by atoms with Crippen molar-refractivity contribution in [2.45, 2.75) is 11.8 Å². The highest BCUT2D eigenvalue weighted by atomic mass is 32.2. The SMILES string of the molecule is CCNC(=O)CN(c1cccc([N+](=O)[O-])c1)S(=O)(=O)c1ccccc1. The van der Waals surface area contributed by atoms with Crippen molar-refractivity contribution in [3.8, 4) is 0 Å². The Hall–Kier alpha value is -2.94. The number of likely N-dealkylation sites (N-methyl/N-ethyl adjacent to an activating group) is 1. The molecule has 8 nitrogen and oxygen atoms in total. The number of rotatable bonds is 7. The molecule has 0 aliphatic carbocycles. The Morgan fingerprint density at radius 3 is 2.44 bits per heavy atom. The molecule has 1 amide bonds. The van der Waals surface area contributed by atoms with Crippen LogP contribution >= 0.6 is 0 Å². The molecule has 0 bridgehead atoms. The van der Waals surface area contributed by atoms with Crippen LogP contribution in [0.25, 0.3) is 0 Å². The Morgan fingerprint density at radius 1 is 1.16 bits per heavy atom. The first-order valence-electron chi connectivity index (χ1n) is 7.45. The number of hydrogen-bond donors (Lipinski definition) is 1. The molecule has 9 heteroatoms. The lowest BCUT2D eigenvalue weighted by atomic mass is 10.3. The number of anilines is 1. The minimum atomic E-state index is -4.06. The molecule has 2 aromatic rings. The Balaban J connectivity index is 2.52. The van der Waals surface area contributed by atoms with Crippen LogP contribution in [0.3, 0.4) is 0 Å². The smallest absolute Gasteiger partial charge is 0.271 e. The Kier molecular flexibility index (Phi) is 5.71. The molecule has 0 spiro atoms. The summed E-state index contributed by atoms with van der Waals surface area (Å²) in [5, 5.41) is 13.5. The molecule has 0 aromatic heterocycles. The van der Waals surface area contributed by atoms with Crippen molar-refractivity contribution < 1.29 is 18.1 Å². The van der Waals surface area contributed by atoms with E-state index in [1.165, 1.54) is 30.3 Å². The van der Waals surface area contributed by atoms with Crippen molar-refractivity contribution in [3.05, 3.63) is 64.7 Å². The number of non-ortho nitro benzene ring substituents is 1. The standard InChI is InChI=1S/C16H17N3O5S/c1-2-17-16(20)12-18(13-7-6-8-14(11-13)19(21)22)25(23,24)15-9-4-3-5-10-15/h3-11H,2,12H2,1H3,(H,17,20). The van der Waals surface area contributed by atoms with E-state index in [2.05, 4.69) is 5.32 Å². The van der Waals surface area contributed by atoms with Gasteiger partial charge in [0.2, 0.25) is 5.91 Å². The van der Waals surface area contributed by atoms with Gasteiger partial charge in [-0.2, -0.15) is 0 Å². The van der Waals surface area contributed by atoms with Gasteiger partial charge in [-0.3, -0.25) is 19.2 Å². The number of nitrogens with one attached hydrogen (secondary N) is 1. The lowest BCUT2D eigenvalue weighted by molar-refractivity contribution is -0.384. The maximum atomic E-state index is 12.9. The highest BCUT2D eigenvalue weighted by Crippen LogP contribution is 2.26. The van der Waals surface area contributed by atoms with Crippen molar-refractivity contribution in [1.82, 2.24) is 5.32 Å². The number of carbonyl (C=O) groups is 1. The minimum Gasteiger partial charge on any atom is -0.355 e. The fraction of sp³-hybridized carbons (Fsp3) is 0.188. The molecule has 0 atom stereocenters. The van der Waals surface area contributed by atoms with Gasteiger partial charge in [-0.1, -0.05) is 24.3 Å². The molecular formula is C16H17N3O5S. The van der Waals surface area contributed by atoms with Crippen LogP contribution in [0.4, 0.5) is 11.4 Å². The van der Waals surface area contributed by atoms with E-state index < -0.39 is 27.4 Å². The highest BCUT2D eigenvalue weighted by Gasteiger charge is 2.27. The third-order valence-corrected chi connectivity index (χ3v) is 5.11. The maximum Gasteiger partial charge on any atom is 0.271 e. The number of hydrogen-bond acceptors (Lipinski definition) is 5. The predicted octanol–water partition coefficient (Wildman–Crippen LogP) is 1.93. The average molecular weight is 363 g/mol. The van der Waals surface area contributed by atoms with Crippen LogP contribution in [0, 0.1) is 10.1 Å². The third kappa shape index (κ3) is 4.32. The second-order valence-corrected chi connectivity index (χ2v) is 6.92. The third-order valence-electron chi connectivity index (χ3n) is 3.32. The number of amides is 1. The fourth-order valence-corrected chi connectivity index (χ4v) is 3.61. The number of benzene rings is 2. The van der Waals surface area contributed by atoms with Gasteiger partial charge < -0.3 is 5.32 Å². The van der Waals surface area contributed by atoms with E-state index in [-0.39, 0.29) is 16.3 Å². The van der Waals surface area contributed by atoms with Crippen LogP contribution in [0.5, 0.6) is 0 Å². The van der Waals surface area contributed by atoms with E-state index in [0.717, 1.165) is 10.4 Å². The summed E-state index contributed by atoms with van der Waals surface area (Å²) in [5.41, 5.74) is -0.217. The fourth-order valence-electron chi connectivity index (χ4n) is 2.18. The summed E-state index contributed by atoms with van der Waals surface area (Å²) in [7, 11) is -4.06. The zero-order valence-electron chi connectivity index (χ0n) is 13.5. The van der Waals surface area contributed by atoms with Gasteiger partial charge in [-0.05, 0) is 25.1 Å². The number of carbonyl (C=O) groups excluding carboxylic acids is 1. The zero-order chi connectivity index (χ0) is 18.4. The van der Waals surface area contributed by atoms with Gasteiger partial charge in [0, 0.05) is 18.7 Å². The molecule has 0 saturated heterocycles. The quantitative estimate of drug-likeness (QED) is 0.597.